The molecule has 0 spiro atoms. The molecule has 0 fully saturated rings. The van der Waals surface area contributed by atoms with Crippen molar-refractivity contribution < 1.29 is 38.1 Å². The highest BCUT2D eigenvalue weighted by atomic mass is 127. The molecule has 0 saturated heterocycles. The number of urea groups is 1. The van der Waals surface area contributed by atoms with E-state index in [4.69, 9.17) is 18.9 Å². The highest BCUT2D eigenvalue weighted by Crippen LogP contribution is 2.34. The van der Waals surface area contributed by atoms with E-state index in [-0.39, 0.29) is 30.3 Å². The van der Waals surface area contributed by atoms with Crippen molar-refractivity contribution in [2.75, 3.05) is 20.3 Å². The number of benzene rings is 2. The molecule has 1 atom stereocenters. The van der Waals surface area contributed by atoms with E-state index in [1.54, 1.807) is 38.1 Å². The Balaban J connectivity index is 1.71. The number of hydrogen-bond acceptors (Lipinski definition) is 9. The zero-order valence-electron chi connectivity index (χ0n) is 21.9. The molecule has 2 aromatic carbocycles. The molecule has 0 aliphatic carbocycles. The molecule has 3 amide bonds. The van der Waals surface area contributed by atoms with Crippen LogP contribution in [0.5, 0.6) is 17.2 Å². The van der Waals surface area contributed by atoms with E-state index in [1.165, 1.54) is 20.2 Å². The van der Waals surface area contributed by atoms with Crippen molar-refractivity contribution in [3.05, 3.63) is 59.9 Å². The standard InChI is InChI=1S/C26H26I2N4O8/c1-5-38-25(35)22-13(2)30-26(36)31-23(22)15-6-7-19(20(9-15)37-4)39-12-21(34)32-29-11-16-8-17(27)10-18(28)24(16)40-14(3)33/h6-11,23H,5,12H2,1-4H3,(H,32,34)(H2,30,31,36)/b29-11+/t23-/m1/s1. The molecule has 0 saturated carbocycles. The van der Waals surface area contributed by atoms with Crippen LogP contribution in [0.2, 0.25) is 0 Å². The summed E-state index contributed by atoms with van der Waals surface area (Å²) in [7, 11) is 1.42. The van der Waals surface area contributed by atoms with Gasteiger partial charge in [-0.25, -0.2) is 15.0 Å². The zero-order chi connectivity index (χ0) is 29.4. The number of nitrogens with zero attached hydrogens (tertiary/aromatic N) is 1. The highest BCUT2D eigenvalue weighted by Gasteiger charge is 2.32. The lowest BCUT2D eigenvalue weighted by Gasteiger charge is -2.28. The molecule has 0 aromatic heterocycles. The maximum atomic E-state index is 12.6. The van der Waals surface area contributed by atoms with Gasteiger partial charge < -0.3 is 29.6 Å². The fourth-order valence-corrected chi connectivity index (χ4v) is 5.68. The summed E-state index contributed by atoms with van der Waals surface area (Å²) in [6.07, 6.45) is 1.37. The van der Waals surface area contributed by atoms with E-state index in [1.807, 2.05) is 6.07 Å². The second-order valence-corrected chi connectivity index (χ2v) is 10.6. The first-order valence-corrected chi connectivity index (χ1v) is 13.9. The molecule has 3 N–H and O–H groups in total. The number of amides is 3. The fraction of sp³-hybridized carbons (Fsp3) is 0.269. The number of hydrogen-bond donors (Lipinski definition) is 3. The van der Waals surface area contributed by atoms with Gasteiger partial charge in [-0.15, -0.1) is 0 Å². The average Bonchev–Trinajstić information content (AvgIpc) is 2.88. The summed E-state index contributed by atoms with van der Waals surface area (Å²) in [6, 6.07) is 7.16. The number of ether oxygens (including phenoxy) is 4. The Morgan fingerprint density at radius 3 is 2.58 bits per heavy atom. The SMILES string of the molecule is CCOC(=O)C1=C(C)NC(=O)N[C@@H]1c1ccc(OCC(=O)N/N=C/c2cc(I)cc(I)c2OC(C)=O)c(OC)c1. The van der Waals surface area contributed by atoms with Gasteiger partial charge in [0, 0.05) is 21.8 Å². The molecular formula is C26H26I2N4O8. The third-order valence-electron chi connectivity index (χ3n) is 5.32. The smallest absolute Gasteiger partial charge is 0.338 e. The summed E-state index contributed by atoms with van der Waals surface area (Å²) in [6.45, 7) is 4.40. The van der Waals surface area contributed by atoms with Crippen LogP contribution in [0.3, 0.4) is 0 Å². The van der Waals surface area contributed by atoms with E-state index in [9.17, 15) is 19.2 Å². The Hall–Kier alpha value is -3.41. The molecule has 0 bridgehead atoms. The summed E-state index contributed by atoms with van der Waals surface area (Å²) >= 11 is 4.17. The first-order chi connectivity index (χ1) is 19.0. The topological polar surface area (TPSA) is 154 Å². The Morgan fingerprint density at radius 1 is 1.15 bits per heavy atom. The number of halogens is 2. The molecule has 3 rings (SSSR count). The van der Waals surface area contributed by atoms with Crippen molar-refractivity contribution in [2.45, 2.75) is 26.8 Å². The van der Waals surface area contributed by atoms with Gasteiger partial charge in [0.25, 0.3) is 5.91 Å². The lowest BCUT2D eigenvalue weighted by atomic mass is 9.95. The largest absolute Gasteiger partial charge is 0.493 e. The summed E-state index contributed by atoms with van der Waals surface area (Å²) in [5.41, 5.74) is 4.07. The monoisotopic (exact) mass is 776 g/mol. The molecule has 14 heteroatoms. The average molecular weight is 776 g/mol. The number of carbonyl (C=O) groups excluding carboxylic acids is 4. The molecule has 1 heterocycles. The number of nitrogens with one attached hydrogen (secondary N) is 3. The first kappa shape index (κ1) is 31.1. The van der Waals surface area contributed by atoms with Gasteiger partial charge in [0.2, 0.25) is 0 Å². The number of rotatable bonds is 10. The van der Waals surface area contributed by atoms with Gasteiger partial charge in [-0.05, 0) is 88.9 Å². The molecule has 212 valence electrons. The number of esters is 2. The van der Waals surface area contributed by atoms with Crippen molar-refractivity contribution in [2.24, 2.45) is 5.10 Å². The van der Waals surface area contributed by atoms with Gasteiger partial charge in [0.15, 0.2) is 23.9 Å². The Morgan fingerprint density at radius 2 is 1.90 bits per heavy atom. The van der Waals surface area contributed by atoms with Crippen molar-refractivity contribution in [3.8, 4) is 17.2 Å². The van der Waals surface area contributed by atoms with Gasteiger partial charge in [-0.1, -0.05) is 6.07 Å². The quantitative estimate of drug-likeness (QED) is 0.109. The maximum absolute atomic E-state index is 12.6. The second-order valence-electron chi connectivity index (χ2n) is 8.18. The van der Waals surface area contributed by atoms with Crippen molar-refractivity contribution in [1.29, 1.82) is 0 Å². The maximum Gasteiger partial charge on any atom is 0.338 e. The van der Waals surface area contributed by atoms with E-state index >= 15 is 0 Å². The van der Waals surface area contributed by atoms with E-state index in [0.717, 1.165) is 7.14 Å². The van der Waals surface area contributed by atoms with Crippen LogP contribution in [-0.2, 0) is 19.1 Å². The summed E-state index contributed by atoms with van der Waals surface area (Å²) < 4.78 is 23.1. The third kappa shape index (κ3) is 8.06. The normalized spacial score (nSPS) is 14.8. The van der Waals surface area contributed by atoms with Gasteiger partial charge in [0.05, 0.1) is 35.1 Å². The van der Waals surface area contributed by atoms with Crippen LogP contribution < -0.4 is 30.3 Å². The molecule has 1 aliphatic heterocycles. The van der Waals surface area contributed by atoms with Crippen LogP contribution in [0.1, 0.15) is 37.9 Å². The summed E-state index contributed by atoms with van der Waals surface area (Å²) in [5.74, 6) is -0.708. The minimum Gasteiger partial charge on any atom is -0.493 e. The predicted molar refractivity (Wildman–Crippen MR) is 161 cm³/mol. The van der Waals surface area contributed by atoms with Gasteiger partial charge >= 0.3 is 18.0 Å². The minimum atomic E-state index is -0.783. The predicted octanol–water partition coefficient (Wildman–Crippen LogP) is 3.55. The summed E-state index contributed by atoms with van der Waals surface area (Å²) in [5, 5.41) is 9.24. The highest BCUT2D eigenvalue weighted by molar-refractivity contribution is 14.1. The van der Waals surface area contributed by atoms with Crippen molar-refractivity contribution in [1.82, 2.24) is 16.1 Å². The molecule has 40 heavy (non-hydrogen) atoms. The van der Waals surface area contributed by atoms with Crippen LogP contribution in [0, 0.1) is 7.14 Å². The van der Waals surface area contributed by atoms with Crippen molar-refractivity contribution in [3.63, 3.8) is 0 Å². The zero-order valence-corrected chi connectivity index (χ0v) is 26.2. The van der Waals surface area contributed by atoms with Gasteiger partial charge in [-0.3, -0.25) is 9.59 Å². The Bertz CT molecular complexity index is 1390. The molecule has 0 radical (unpaired) electrons. The van der Waals surface area contributed by atoms with Crippen LogP contribution in [0.15, 0.2) is 46.7 Å². The van der Waals surface area contributed by atoms with E-state index in [0.29, 0.717) is 22.6 Å². The van der Waals surface area contributed by atoms with E-state index < -0.39 is 29.9 Å². The molecule has 1 aliphatic rings. The number of allylic oxidation sites excluding steroid dienone is 1. The fourth-order valence-electron chi connectivity index (χ4n) is 3.68. The van der Waals surface area contributed by atoms with Crippen LogP contribution in [0.25, 0.3) is 0 Å². The summed E-state index contributed by atoms with van der Waals surface area (Å²) in [4.78, 5) is 48.5. The number of hydrazone groups is 1. The van der Waals surface area contributed by atoms with Gasteiger partial charge in [0.1, 0.15) is 0 Å². The van der Waals surface area contributed by atoms with Crippen LogP contribution >= 0.6 is 45.2 Å². The van der Waals surface area contributed by atoms with Gasteiger partial charge in [-0.2, -0.15) is 5.10 Å². The Kier molecular flexibility index (Phi) is 11.1. The van der Waals surface area contributed by atoms with Crippen LogP contribution in [0.4, 0.5) is 4.79 Å². The molecule has 12 nitrogen and oxygen atoms in total. The number of methoxy groups -OCH3 is 1. The van der Waals surface area contributed by atoms with Crippen LogP contribution in [-0.4, -0.2) is 50.4 Å². The second kappa shape index (κ2) is 14.3. The molecular weight excluding hydrogens is 750 g/mol. The first-order valence-electron chi connectivity index (χ1n) is 11.8. The minimum absolute atomic E-state index is 0.176. The van der Waals surface area contributed by atoms with E-state index in [2.05, 4.69) is 66.3 Å². The third-order valence-corrected chi connectivity index (χ3v) is 6.74. The lowest BCUT2D eigenvalue weighted by molar-refractivity contribution is -0.139. The molecule has 2 aromatic rings. The molecule has 0 unspecified atom stereocenters. The Labute approximate surface area is 257 Å². The lowest BCUT2D eigenvalue weighted by Crippen LogP contribution is -2.45. The number of carbonyl (C=O) groups is 4. The van der Waals surface area contributed by atoms with Crippen molar-refractivity contribution >= 4 is 75.3 Å².